The fraction of sp³-hybridized carbons (Fsp3) is 0.708. The van der Waals surface area contributed by atoms with Crippen molar-refractivity contribution in [2.24, 2.45) is 29.6 Å². The fourth-order valence-electron chi connectivity index (χ4n) is 6.10. The number of carbonyl (C=O) groups is 1. The van der Waals surface area contributed by atoms with Crippen LogP contribution in [0.15, 0.2) is 24.3 Å². The first-order chi connectivity index (χ1) is 13.7. The summed E-state index contributed by atoms with van der Waals surface area (Å²) in [6.45, 7) is 9.08. The number of aliphatic carboxylic acids is 1. The Kier molecular flexibility index (Phi) is 5.51. The van der Waals surface area contributed by atoms with Crippen LogP contribution < -0.4 is 5.32 Å². The molecule has 160 valence electrons. The van der Waals surface area contributed by atoms with Crippen molar-refractivity contribution >= 4 is 5.97 Å². The van der Waals surface area contributed by atoms with Crippen molar-refractivity contribution in [1.82, 2.24) is 5.32 Å². The molecule has 3 aliphatic rings. The van der Waals surface area contributed by atoms with Gasteiger partial charge in [-0.25, -0.2) is 0 Å². The van der Waals surface area contributed by atoms with Gasteiger partial charge in [0, 0.05) is 12.1 Å². The predicted octanol–water partition coefficient (Wildman–Crippen LogP) is 3.58. The quantitative estimate of drug-likeness (QED) is 0.620. The van der Waals surface area contributed by atoms with Gasteiger partial charge in [0.1, 0.15) is 0 Å². The first-order valence-corrected chi connectivity index (χ1v) is 11.0. The Hall–Kier alpha value is -1.43. The van der Waals surface area contributed by atoms with Crippen LogP contribution in [-0.4, -0.2) is 41.0 Å². The highest BCUT2D eigenvalue weighted by Crippen LogP contribution is 2.73. The van der Waals surface area contributed by atoms with Crippen molar-refractivity contribution in [3.8, 4) is 0 Å². The first-order valence-electron chi connectivity index (χ1n) is 11.0. The molecule has 3 N–H and O–H groups in total. The summed E-state index contributed by atoms with van der Waals surface area (Å²) in [5, 5.41) is 23.0. The molecule has 0 unspecified atom stereocenters. The van der Waals surface area contributed by atoms with E-state index in [1.165, 1.54) is 17.5 Å². The number of aliphatic hydroxyl groups excluding tert-OH is 1. The van der Waals surface area contributed by atoms with E-state index in [-0.39, 0.29) is 17.6 Å². The maximum atomic E-state index is 11.5. The van der Waals surface area contributed by atoms with Crippen LogP contribution in [0.4, 0.5) is 0 Å². The van der Waals surface area contributed by atoms with E-state index in [1.807, 2.05) is 6.07 Å². The standard InChI is InChI=1S/C24H35NO4/c1-13(29-12-15(26)11-25-24(2,3)4)16-7-5-6-8-17(16)18-9-14-10-19(18)21-20(14)22(21)23(27)28/h5-8,13-15,18-22,25-26H,9-12H2,1-4H3,(H,27,28)/t13-,14-,15-,18+,19-,20+,21-,22-/m1/s1. The zero-order valence-electron chi connectivity index (χ0n) is 18.0. The number of nitrogens with one attached hydrogen (secondary N) is 1. The largest absolute Gasteiger partial charge is 0.481 e. The van der Waals surface area contributed by atoms with Crippen LogP contribution in [0.5, 0.6) is 0 Å². The molecule has 3 fully saturated rings. The van der Waals surface area contributed by atoms with E-state index >= 15 is 0 Å². The Morgan fingerprint density at radius 1 is 1.24 bits per heavy atom. The van der Waals surface area contributed by atoms with Crippen molar-refractivity contribution in [3.05, 3.63) is 35.4 Å². The molecule has 3 aliphatic carbocycles. The van der Waals surface area contributed by atoms with Gasteiger partial charge < -0.3 is 20.3 Å². The van der Waals surface area contributed by atoms with E-state index in [0.717, 1.165) is 6.42 Å². The van der Waals surface area contributed by atoms with Gasteiger partial charge in [-0.1, -0.05) is 24.3 Å². The summed E-state index contributed by atoms with van der Waals surface area (Å²) in [7, 11) is 0. The van der Waals surface area contributed by atoms with Crippen LogP contribution >= 0.6 is 0 Å². The summed E-state index contributed by atoms with van der Waals surface area (Å²) < 4.78 is 6.05. The molecule has 0 saturated heterocycles. The summed E-state index contributed by atoms with van der Waals surface area (Å²) in [4.78, 5) is 11.5. The van der Waals surface area contributed by atoms with E-state index in [0.29, 0.717) is 42.7 Å². The Bertz CT molecular complexity index is 757. The van der Waals surface area contributed by atoms with Gasteiger partial charge in [-0.05, 0) is 81.3 Å². The number of hydrogen-bond donors (Lipinski definition) is 3. The second-order valence-electron chi connectivity index (χ2n) is 10.4. The monoisotopic (exact) mass is 401 g/mol. The molecular formula is C24H35NO4. The Labute approximate surface area is 173 Å². The normalized spacial score (nSPS) is 34.7. The van der Waals surface area contributed by atoms with Crippen molar-refractivity contribution in [1.29, 1.82) is 0 Å². The molecule has 4 rings (SSSR count). The van der Waals surface area contributed by atoms with Gasteiger partial charge in [-0.15, -0.1) is 0 Å². The number of fused-ring (bicyclic) bond motifs is 5. The van der Waals surface area contributed by atoms with Gasteiger partial charge in [0.15, 0.2) is 0 Å². The van der Waals surface area contributed by atoms with Crippen LogP contribution in [0.25, 0.3) is 0 Å². The minimum Gasteiger partial charge on any atom is -0.481 e. The average molecular weight is 402 g/mol. The highest BCUT2D eigenvalue weighted by Gasteiger charge is 2.70. The molecule has 29 heavy (non-hydrogen) atoms. The number of ether oxygens (including phenoxy) is 1. The lowest BCUT2D eigenvalue weighted by molar-refractivity contribution is -0.139. The zero-order chi connectivity index (χ0) is 20.9. The first kappa shape index (κ1) is 20.8. The zero-order valence-corrected chi connectivity index (χ0v) is 18.0. The molecule has 0 radical (unpaired) electrons. The Morgan fingerprint density at radius 2 is 1.97 bits per heavy atom. The minimum absolute atomic E-state index is 0.0323. The molecule has 3 saturated carbocycles. The molecule has 0 heterocycles. The third kappa shape index (κ3) is 4.10. The third-order valence-corrected chi connectivity index (χ3v) is 7.35. The molecule has 1 aromatic carbocycles. The van der Waals surface area contributed by atoms with E-state index in [9.17, 15) is 15.0 Å². The second-order valence-corrected chi connectivity index (χ2v) is 10.4. The van der Waals surface area contributed by atoms with Crippen LogP contribution in [-0.2, 0) is 9.53 Å². The fourth-order valence-corrected chi connectivity index (χ4v) is 6.10. The molecule has 0 amide bonds. The summed E-state index contributed by atoms with van der Waals surface area (Å²) in [5.41, 5.74) is 2.48. The number of rotatable bonds is 8. The summed E-state index contributed by atoms with van der Waals surface area (Å²) in [5.74, 6) is 1.63. The Morgan fingerprint density at radius 3 is 2.66 bits per heavy atom. The van der Waals surface area contributed by atoms with E-state index in [4.69, 9.17) is 4.74 Å². The van der Waals surface area contributed by atoms with Crippen molar-refractivity contribution < 1.29 is 19.7 Å². The molecule has 8 atom stereocenters. The summed E-state index contributed by atoms with van der Waals surface area (Å²) in [6, 6.07) is 8.46. The van der Waals surface area contributed by atoms with Crippen molar-refractivity contribution in [2.45, 2.75) is 64.2 Å². The molecule has 2 bridgehead atoms. The van der Waals surface area contributed by atoms with Crippen molar-refractivity contribution in [2.75, 3.05) is 13.2 Å². The Balaban J connectivity index is 1.40. The number of carboxylic acid groups (broad SMARTS) is 1. The summed E-state index contributed by atoms with van der Waals surface area (Å²) in [6.07, 6.45) is 1.65. The molecule has 0 aromatic heterocycles. The molecule has 0 spiro atoms. The summed E-state index contributed by atoms with van der Waals surface area (Å²) >= 11 is 0. The second kappa shape index (κ2) is 7.68. The number of β-amino-alcohol motifs (C(OH)–C–C–N with tert-alkyl or cyclic N) is 1. The smallest absolute Gasteiger partial charge is 0.307 e. The lowest BCUT2D eigenvalue weighted by Crippen LogP contribution is -2.42. The van der Waals surface area contributed by atoms with Gasteiger partial charge in [0.25, 0.3) is 0 Å². The minimum atomic E-state index is -0.599. The molecule has 5 nitrogen and oxygen atoms in total. The third-order valence-electron chi connectivity index (χ3n) is 7.35. The molecule has 1 aromatic rings. The number of benzene rings is 1. The lowest BCUT2D eigenvalue weighted by Gasteiger charge is -2.27. The van der Waals surface area contributed by atoms with E-state index in [2.05, 4.69) is 51.2 Å². The highest BCUT2D eigenvalue weighted by atomic mass is 16.5. The SMILES string of the molecule is C[C@@H](OC[C@H](O)CNC(C)(C)C)c1ccccc1[C@@H]1C[C@@H]2C[C@H]1[C@H]1[C@H](C(=O)O)[C@@H]21. The van der Waals surface area contributed by atoms with E-state index < -0.39 is 12.1 Å². The highest BCUT2D eigenvalue weighted by molar-refractivity contribution is 5.75. The van der Waals surface area contributed by atoms with Crippen LogP contribution in [0.3, 0.4) is 0 Å². The average Bonchev–Trinajstić information content (AvgIpc) is 3.16. The van der Waals surface area contributed by atoms with Crippen LogP contribution in [0, 0.1) is 29.6 Å². The van der Waals surface area contributed by atoms with Crippen molar-refractivity contribution in [3.63, 3.8) is 0 Å². The number of aliphatic hydroxyl groups is 1. The number of hydrogen-bond acceptors (Lipinski definition) is 4. The predicted molar refractivity (Wildman–Crippen MR) is 112 cm³/mol. The van der Waals surface area contributed by atoms with Gasteiger partial charge in [-0.3, -0.25) is 4.79 Å². The van der Waals surface area contributed by atoms with Gasteiger partial charge in [0.05, 0.1) is 24.7 Å². The number of carboxylic acids is 1. The molecule has 5 heteroatoms. The lowest BCUT2D eigenvalue weighted by atomic mass is 9.80. The van der Waals surface area contributed by atoms with Crippen LogP contribution in [0.2, 0.25) is 0 Å². The molecular weight excluding hydrogens is 366 g/mol. The molecule has 0 aliphatic heterocycles. The van der Waals surface area contributed by atoms with Gasteiger partial charge in [-0.2, -0.15) is 0 Å². The van der Waals surface area contributed by atoms with Gasteiger partial charge >= 0.3 is 5.97 Å². The van der Waals surface area contributed by atoms with Crippen LogP contribution in [0.1, 0.15) is 63.7 Å². The van der Waals surface area contributed by atoms with Gasteiger partial charge in [0.2, 0.25) is 0 Å². The topological polar surface area (TPSA) is 78.8 Å². The maximum absolute atomic E-state index is 11.5. The van der Waals surface area contributed by atoms with E-state index in [1.54, 1.807) is 0 Å². The maximum Gasteiger partial charge on any atom is 0.307 e.